The average molecular weight is 280 g/mol. The summed E-state index contributed by atoms with van der Waals surface area (Å²) in [6, 6.07) is 0. The summed E-state index contributed by atoms with van der Waals surface area (Å²) in [7, 11) is 3.13. The topological polar surface area (TPSA) is 85.5 Å². The van der Waals surface area contributed by atoms with Crippen LogP contribution in [0.4, 0.5) is 11.5 Å². The molecule has 1 rings (SSSR count). The number of unbranched alkanes of at least 4 members (excludes halogenated alkanes) is 1. The monoisotopic (exact) mass is 280 g/mol. The molecule has 7 heteroatoms. The van der Waals surface area contributed by atoms with Crippen molar-refractivity contribution in [1.29, 1.82) is 0 Å². The van der Waals surface area contributed by atoms with Gasteiger partial charge in [-0.05, 0) is 26.5 Å². The number of rotatable bonds is 7. The van der Waals surface area contributed by atoms with Crippen LogP contribution in [0.2, 0.25) is 0 Å². The number of hydrogen-bond acceptors (Lipinski definition) is 5. The molecule has 1 N–H and O–H groups in total. The number of nitrogens with zero attached hydrogens (tertiary/aromatic N) is 3. The maximum absolute atomic E-state index is 12.2. The summed E-state index contributed by atoms with van der Waals surface area (Å²) in [6.07, 6.45) is 1.71. The van der Waals surface area contributed by atoms with Crippen LogP contribution in [0.1, 0.15) is 26.2 Å². The number of ketones is 1. The van der Waals surface area contributed by atoms with Crippen LogP contribution in [-0.4, -0.2) is 28.7 Å². The summed E-state index contributed by atoms with van der Waals surface area (Å²) in [6.45, 7) is 5.18. The number of carbonyl (C=O) groups is 1. The van der Waals surface area contributed by atoms with Gasteiger partial charge in [-0.2, -0.15) is 0 Å². The van der Waals surface area contributed by atoms with Gasteiger partial charge >= 0.3 is 5.69 Å². The summed E-state index contributed by atoms with van der Waals surface area (Å²) in [5.41, 5.74) is -0.603. The molecule has 20 heavy (non-hydrogen) atoms. The Bertz CT molecular complexity index is 628. The maximum atomic E-state index is 12.2. The van der Waals surface area contributed by atoms with Crippen LogP contribution in [-0.2, 0) is 18.4 Å². The molecule has 7 nitrogen and oxygen atoms in total. The van der Waals surface area contributed by atoms with Crippen LogP contribution in [0.5, 0.6) is 0 Å². The van der Waals surface area contributed by atoms with Crippen molar-refractivity contribution in [2.24, 2.45) is 12.0 Å². The van der Waals surface area contributed by atoms with Crippen molar-refractivity contribution < 1.29 is 4.79 Å². The summed E-state index contributed by atoms with van der Waals surface area (Å²) >= 11 is 0. The standard InChI is InChI=1S/C13H20N4O3/c1-9(18)7-5-6-8-17-12(19)10(14-2)11(15-3)16(4)13(17)20/h14H,3,5-8H2,1-2,4H3. The largest absolute Gasteiger partial charge is 0.381 e. The molecule has 0 saturated heterocycles. The zero-order chi connectivity index (χ0) is 15.3. The van der Waals surface area contributed by atoms with Gasteiger partial charge in [0.15, 0.2) is 5.82 Å². The molecule has 0 aliphatic rings. The van der Waals surface area contributed by atoms with E-state index >= 15 is 0 Å². The maximum Gasteiger partial charge on any atom is 0.332 e. The molecule has 0 aliphatic carbocycles. The molecule has 0 amide bonds. The third kappa shape index (κ3) is 3.23. The first-order valence-corrected chi connectivity index (χ1v) is 6.41. The van der Waals surface area contributed by atoms with Gasteiger partial charge in [0, 0.05) is 27.1 Å². The SMILES string of the molecule is C=Nc1c(NC)c(=O)n(CCCCC(C)=O)c(=O)n1C. The van der Waals surface area contributed by atoms with Gasteiger partial charge in [-0.25, -0.2) is 9.79 Å². The Balaban J connectivity index is 3.12. The van der Waals surface area contributed by atoms with E-state index in [1.54, 1.807) is 14.1 Å². The average Bonchev–Trinajstić information content (AvgIpc) is 2.41. The summed E-state index contributed by atoms with van der Waals surface area (Å²) < 4.78 is 2.44. The Labute approximate surface area is 117 Å². The van der Waals surface area contributed by atoms with Gasteiger partial charge in [-0.1, -0.05) is 0 Å². The second-order valence-electron chi connectivity index (χ2n) is 4.56. The number of aromatic nitrogens is 2. The third-order valence-electron chi connectivity index (χ3n) is 3.08. The molecule has 0 spiro atoms. The van der Waals surface area contributed by atoms with Crippen LogP contribution in [0.3, 0.4) is 0 Å². The Morgan fingerprint density at radius 1 is 1.35 bits per heavy atom. The minimum absolute atomic E-state index is 0.104. The summed E-state index contributed by atoms with van der Waals surface area (Å²) in [4.78, 5) is 38.9. The number of anilines is 1. The van der Waals surface area contributed by atoms with Gasteiger partial charge in [0.05, 0.1) is 0 Å². The molecule has 110 valence electrons. The molecule has 0 unspecified atom stereocenters. The summed E-state index contributed by atoms with van der Waals surface area (Å²) in [5, 5.41) is 2.75. The highest BCUT2D eigenvalue weighted by atomic mass is 16.2. The van der Waals surface area contributed by atoms with E-state index in [0.717, 1.165) is 4.57 Å². The van der Waals surface area contributed by atoms with Crippen molar-refractivity contribution in [1.82, 2.24) is 9.13 Å². The molecule has 1 aromatic rings. The lowest BCUT2D eigenvalue weighted by Crippen LogP contribution is -2.40. The van der Waals surface area contributed by atoms with E-state index in [9.17, 15) is 14.4 Å². The molecular weight excluding hydrogens is 260 g/mol. The van der Waals surface area contributed by atoms with Crippen molar-refractivity contribution >= 4 is 24.0 Å². The van der Waals surface area contributed by atoms with E-state index in [0.29, 0.717) is 19.3 Å². The van der Waals surface area contributed by atoms with E-state index in [2.05, 4.69) is 17.0 Å². The van der Waals surface area contributed by atoms with Gasteiger partial charge in [-0.3, -0.25) is 13.9 Å². The lowest BCUT2D eigenvalue weighted by atomic mass is 10.2. The van der Waals surface area contributed by atoms with Crippen LogP contribution in [0.15, 0.2) is 14.6 Å². The van der Waals surface area contributed by atoms with Crippen LogP contribution >= 0.6 is 0 Å². The molecule has 0 bridgehead atoms. The zero-order valence-corrected chi connectivity index (χ0v) is 12.1. The fraction of sp³-hybridized carbons (Fsp3) is 0.538. The highest BCUT2D eigenvalue weighted by Crippen LogP contribution is 2.16. The predicted molar refractivity (Wildman–Crippen MR) is 79.2 cm³/mol. The van der Waals surface area contributed by atoms with Crippen molar-refractivity contribution in [2.45, 2.75) is 32.7 Å². The second kappa shape index (κ2) is 6.83. The molecule has 0 atom stereocenters. The molecule has 0 aliphatic heterocycles. The minimum atomic E-state index is -0.431. The van der Waals surface area contributed by atoms with E-state index < -0.39 is 11.2 Å². The van der Waals surface area contributed by atoms with Crippen molar-refractivity contribution in [3.05, 3.63) is 20.8 Å². The number of carbonyl (C=O) groups excluding carboxylic acids is 1. The molecule has 0 saturated carbocycles. The molecule has 0 fully saturated rings. The van der Waals surface area contributed by atoms with Gasteiger partial charge < -0.3 is 10.1 Å². The Kier molecular flexibility index (Phi) is 5.42. The minimum Gasteiger partial charge on any atom is -0.381 e. The molecule has 0 radical (unpaired) electrons. The normalized spacial score (nSPS) is 10.3. The van der Waals surface area contributed by atoms with Crippen molar-refractivity contribution in [3.63, 3.8) is 0 Å². The van der Waals surface area contributed by atoms with Gasteiger partial charge in [0.25, 0.3) is 5.56 Å². The first kappa shape index (κ1) is 15.9. The molecule has 1 heterocycles. The van der Waals surface area contributed by atoms with Crippen molar-refractivity contribution in [2.75, 3.05) is 12.4 Å². The zero-order valence-electron chi connectivity index (χ0n) is 12.1. The number of hydrogen-bond donors (Lipinski definition) is 1. The Morgan fingerprint density at radius 2 is 2.00 bits per heavy atom. The number of Topliss-reactive ketones (excluding diaryl/α,β-unsaturated/α-hetero) is 1. The predicted octanol–water partition coefficient (Wildman–Crippen LogP) is 0.680. The van der Waals surface area contributed by atoms with Crippen LogP contribution in [0, 0.1) is 0 Å². The molecule has 1 aromatic heterocycles. The van der Waals surface area contributed by atoms with E-state index in [1.807, 2.05) is 0 Å². The van der Waals surface area contributed by atoms with Crippen LogP contribution < -0.4 is 16.6 Å². The fourth-order valence-corrected chi connectivity index (χ4v) is 2.00. The fourth-order valence-electron chi connectivity index (χ4n) is 2.00. The second-order valence-corrected chi connectivity index (χ2v) is 4.56. The van der Waals surface area contributed by atoms with Crippen LogP contribution in [0.25, 0.3) is 0 Å². The number of aliphatic imine (C=N–C) groups is 1. The van der Waals surface area contributed by atoms with Crippen molar-refractivity contribution in [3.8, 4) is 0 Å². The first-order valence-electron chi connectivity index (χ1n) is 6.41. The molecular formula is C13H20N4O3. The highest BCUT2D eigenvalue weighted by molar-refractivity contribution is 5.75. The van der Waals surface area contributed by atoms with E-state index in [1.165, 1.54) is 11.5 Å². The summed E-state index contributed by atoms with van der Waals surface area (Å²) in [5.74, 6) is 0.329. The molecule has 0 aromatic carbocycles. The Morgan fingerprint density at radius 3 is 2.50 bits per heavy atom. The van der Waals surface area contributed by atoms with Gasteiger partial charge in [0.2, 0.25) is 0 Å². The first-order chi connectivity index (χ1) is 9.43. The van der Waals surface area contributed by atoms with E-state index in [4.69, 9.17) is 0 Å². The third-order valence-corrected chi connectivity index (χ3v) is 3.08. The number of nitrogens with one attached hydrogen (secondary N) is 1. The quantitative estimate of drug-likeness (QED) is 0.588. The van der Waals surface area contributed by atoms with Gasteiger partial charge in [0.1, 0.15) is 11.5 Å². The lowest BCUT2D eigenvalue weighted by Gasteiger charge is -2.13. The lowest BCUT2D eigenvalue weighted by molar-refractivity contribution is -0.117. The van der Waals surface area contributed by atoms with Gasteiger partial charge in [-0.15, -0.1) is 0 Å². The van der Waals surface area contributed by atoms with E-state index in [-0.39, 0.29) is 23.8 Å². The Hall–Kier alpha value is -2.18. The highest BCUT2D eigenvalue weighted by Gasteiger charge is 2.15. The smallest absolute Gasteiger partial charge is 0.332 e.